The number of piperidine rings is 1. The number of amides is 1. The van der Waals surface area contributed by atoms with Crippen LogP contribution in [0.3, 0.4) is 0 Å². The average molecular weight is 587 g/mol. The maximum atomic E-state index is 12.7. The molecule has 1 aromatic carbocycles. The number of piperazine rings is 1. The monoisotopic (exact) mass is 586 g/mol. The van der Waals surface area contributed by atoms with Crippen molar-refractivity contribution in [1.82, 2.24) is 14.1 Å². The van der Waals surface area contributed by atoms with Crippen LogP contribution >= 0.6 is 0 Å². The van der Waals surface area contributed by atoms with Gasteiger partial charge in [0.2, 0.25) is 10.0 Å². The van der Waals surface area contributed by atoms with Gasteiger partial charge in [-0.15, -0.1) is 0 Å². The number of rotatable bonds is 5. The molecular weight excluding hydrogens is 554 g/mol. The van der Waals surface area contributed by atoms with E-state index < -0.39 is 34.6 Å². The van der Waals surface area contributed by atoms with Crippen LogP contribution in [0.5, 0.6) is 0 Å². The molecule has 3 heterocycles. The van der Waals surface area contributed by atoms with E-state index >= 15 is 0 Å². The first kappa shape index (κ1) is 29.7. The van der Waals surface area contributed by atoms with Crippen LogP contribution in [0.1, 0.15) is 24.0 Å². The second kappa shape index (κ2) is 10.6. The SMILES string of the molecule is Cc1ccc(CN2CCN(C(=O)OC(C(F)(F)F)C(F)(F)F)CC2)c(N2CC3(CCN(S(C)(=O)=O)CC3)C2)c1. The molecule has 3 saturated heterocycles. The Morgan fingerprint density at radius 1 is 0.974 bits per heavy atom. The molecule has 0 N–H and O–H groups in total. The molecule has 0 unspecified atom stereocenters. The lowest BCUT2D eigenvalue weighted by Gasteiger charge is -2.55. The minimum Gasteiger partial charge on any atom is -0.426 e. The molecule has 4 rings (SSSR count). The number of carbonyl (C=O) groups is 1. The predicted octanol–water partition coefficient (Wildman–Crippen LogP) is 3.60. The second-order valence-electron chi connectivity index (χ2n) is 10.8. The van der Waals surface area contributed by atoms with Crippen LogP contribution in [-0.2, 0) is 21.3 Å². The zero-order valence-corrected chi connectivity index (χ0v) is 22.5. The maximum absolute atomic E-state index is 12.7. The number of carbonyl (C=O) groups excluding carboxylic acids is 1. The number of hydrogen-bond donors (Lipinski definition) is 0. The number of halogens is 6. The summed E-state index contributed by atoms with van der Waals surface area (Å²) in [5.74, 6) is 0. The zero-order chi connectivity index (χ0) is 28.8. The summed E-state index contributed by atoms with van der Waals surface area (Å²) in [7, 11) is -3.20. The Morgan fingerprint density at radius 2 is 1.54 bits per heavy atom. The lowest BCUT2D eigenvalue weighted by atomic mass is 9.72. The Balaban J connectivity index is 1.33. The molecule has 0 atom stereocenters. The molecule has 15 heteroatoms. The lowest BCUT2D eigenvalue weighted by molar-refractivity contribution is -0.308. The van der Waals surface area contributed by atoms with Crippen molar-refractivity contribution in [2.75, 3.05) is 63.5 Å². The van der Waals surface area contributed by atoms with E-state index in [0.717, 1.165) is 47.6 Å². The van der Waals surface area contributed by atoms with E-state index in [0.29, 0.717) is 19.6 Å². The highest BCUT2D eigenvalue weighted by Gasteiger charge is 2.60. The van der Waals surface area contributed by atoms with Crippen molar-refractivity contribution in [1.29, 1.82) is 0 Å². The summed E-state index contributed by atoms with van der Waals surface area (Å²) in [5.41, 5.74) is 3.21. The van der Waals surface area contributed by atoms with Gasteiger partial charge in [0, 0.05) is 70.0 Å². The molecule has 0 bridgehead atoms. The molecule has 0 aliphatic carbocycles. The Hall–Kier alpha value is -2.26. The summed E-state index contributed by atoms with van der Waals surface area (Å²) in [6.07, 6.45) is -14.5. The molecule has 1 amide bonds. The van der Waals surface area contributed by atoms with E-state index in [1.165, 1.54) is 10.6 Å². The molecule has 39 heavy (non-hydrogen) atoms. The quantitative estimate of drug-likeness (QED) is 0.491. The van der Waals surface area contributed by atoms with Crippen LogP contribution < -0.4 is 4.90 Å². The Morgan fingerprint density at radius 3 is 2.05 bits per heavy atom. The number of anilines is 1. The Labute approximate surface area is 223 Å². The highest BCUT2D eigenvalue weighted by atomic mass is 32.2. The van der Waals surface area contributed by atoms with E-state index in [1.807, 2.05) is 24.0 Å². The van der Waals surface area contributed by atoms with Crippen molar-refractivity contribution in [3.63, 3.8) is 0 Å². The van der Waals surface area contributed by atoms with Crippen molar-refractivity contribution in [2.24, 2.45) is 5.41 Å². The molecule has 3 aliphatic rings. The van der Waals surface area contributed by atoms with E-state index in [1.54, 1.807) is 0 Å². The van der Waals surface area contributed by atoms with Crippen LogP contribution in [0.4, 0.5) is 36.8 Å². The fourth-order valence-electron chi connectivity index (χ4n) is 5.47. The molecule has 3 fully saturated rings. The minimum absolute atomic E-state index is 0.0634. The Bertz CT molecular complexity index is 1140. The summed E-state index contributed by atoms with van der Waals surface area (Å²) in [6.45, 7) is 5.50. The molecule has 1 spiro atoms. The van der Waals surface area contributed by atoms with Crippen molar-refractivity contribution in [3.05, 3.63) is 29.3 Å². The van der Waals surface area contributed by atoms with E-state index in [4.69, 9.17) is 0 Å². The fourth-order valence-corrected chi connectivity index (χ4v) is 6.31. The first-order valence-electron chi connectivity index (χ1n) is 12.6. The number of aryl methyl sites for hydroxylation is 1. The number of alkyl halides is 6. The molecule has 3 aliphatic heterocycles. The standard InChI is InChI=1S/C24H32F6N4O4S/c1-17-3-4-18(19(13-17)33-15-22(16-33)5-7-34(8-6-22)39(2,36)37)14-31-9-11-32(12-10-31)21(35)38-20(23(25,26)27)24(28,29)30/h3-4,13,20H,5-12,14-16H2,1-2H3. The normalized spacial score (nSPS) is 21.4. The smallest absolute Gasteiger partial charge is 0.426 e. The number of benzene rings is 1. The van der Waals surface area contributed by atoms with Gasteiger partial charge in [-0.2, -0.15) is 26.3 Å². The number of nitrogens with zero attached hydrogens (tertiary/aromatic N) is 4. The second-order valence-corrected chi connectivity index (χ2v) is 12.7. The van der Waals surface area contributed by atoms with Gasteiger partial charge in [-0.3, -0.25) is 4.90 Å². The number of ether oxygens (including phenoxy) is 1. The molecular formula is C24H32F6N4O4S. The van der Waals surface area contributed by atoms with E-state index in [9.17, 15) is 39.6 Å². The van der Waals surface area contributed by atoms with Crippen molar-refractivity contribution < 1.29 is 44.3 Å². The van der Waals surface area contributed by atoms with Crippen LogP contribution in [0.2, 0.25) is 0 Å². The van der Waals surface area contributed by atoms with Crippen LogP contribution in [0.15, 0.2) is 18.2 Å². The van der Waals surface area contributed by atoms with Crippen LogP contribution in [0, 0.1) is 12.3 Å². The van der Waals surface area contributed by atoms with Crippen LogP contribution in [0.25, 0.3) is 0 Å². The zero-order valence-electron chi connectivity index (χ0n) is 21.7. The van der Waals surface area contributed by atoms with Gasteiger partial charge in [-0.1, -0.05) is 12.1 Å². The van der Waals surface area contributed by atoms with Gasteiger partial charge in [0.15, 0.2) is 0 Å². The summed E-state index contributed by atoms with van der Waals surface area (Å²) < 4.78 is 105. The molecule has 0 radical (unpaired) electrons. The predicted molar refractivity (Wildman–Crippen MR) is 131 cm³/mol. The molecule has 0 saturated carbocycles. The van der Waals surface area contributed by atoms with Gasteiger partial charge in [0.05, 0.1) is 6.26 Å². The fraction of sp³-hybridized carbons (Fsp3) is 0.708. The summed E-state index contributed by atoms with van der Waals surface area (Å²) in [6, 6.07) is 6.05. The first-order valence-corrected chi connectivity index (χ1v) is 14.4. The van der Waals surface area contributed by atoms with Gasteiger partial charge >= 0.3 is 18.4 Å². The number of sulfonamides is 1. The van der Waals surface area contributed by atoms with Gasteiger partial charge in [-0.05, 0) is 37.0 Å². The summed E-state index contributed by atoms with van der Waals surface area (Å²) in [4.78, 5) is 17.2. The van der Waals surface area contributed by atoms with Crippen molar-refractivity contribution >= 4 is 21.8 Å². The average Bonchev–Trinajstić information content (AvgIpc) is 2.80. The summed E-state index contributed by atoms with van der Waals surface area (Å²) in [5, 5.41) is 0. The summed E-state index contributed by atoms with van der Waals surface area (Å²) >= 11 is 0. The molecule has 220 valence electrons. The van der Waals surface area contributed by atoms with Gasteiger partial charge in [0.25, 0.3) is 6.10 Å². The number of hydrogen-bond acceptors (Lipinski definition) is 6. The largest absolute Gasteiger partial charge is 0.434 e. The Kier molecular flexibility index (Phi) is 8.09. The van der Waals surface area contributed by atoms with Crippen LogP contribution in [-0.4, -0.2) is 106 Å². The van der Waals surface area contributed by atoms with E-state index in [-0.39, 0.29) is 31.6 Å². The highest BCUT2D eigenvalue weighted by molar-refractivity contribution is 7.88. The molecule has 1 aromatic rings. The highest BCUT2D eigenvalue weighted by Crippen LogP contribution is 2.44. The third-order valence-corrected chi connectivity index (χ3v) is 9.03. The van der Waals surface area contributed by atoms with Gasteiger partial charge in [0.1, 0.15) is 0 Å². The molecule has 0 aromatic heterocycles. The third-order valence-electron chi connectivity index (χ3n) is 7.72. The van der Waals surface area contributed by atoms with Gasteiger partial charge in [-0.25, -0.2) is 17.5 Å². The molecule has 8 nitrogen and oxygen atoms in total. The van der Waals surface area contributed by atoms with E-state index in [2.05, 4.69) is 15.7 Å². The third kappa shape index (κ3) is 6.91. The lowest BCUT2D eigenvalue weighted by Crippen LogP contribution is -2.61. The van der Waals surface area contributed by atoms with Gasteiger partial charge < -0.3 is 14.5 Å². The minimum atomic E-state index is -5.75. The van der Waals surface area contributed by atoms with Crippen molar-refractivity contribution in [3.8, 4) is 0 Å². The topological polar surface area (TPSA) is 73.4 Å². The first-order chi connectivity index (χ1) is 18.0. The van der Waals surface area contributed by atoms with Crippen molar-refractivity contribution in [2.45, 2.75) is 44.8 Å². The maximum Gasteiger partial charge on any atom is 0.434 e.